The molecule has 5 aliphatic heterocycles. The molecule has 1 unspecified atom stereocenters. The number of rotatable bonds is 19. The standard InChI is InChI=1S/C58H63N5O14Si/c1-58(2,3)78(5,6)77-50-46(63-53(66)41-23-15-16-24-42(41)54(63)67)57(74-44-34-72-55(75-48(44)50)37-19-11-8-12-20-37)76-47-43(33-69-31-35-17-9-7-10-18-35)73-56(70-30-29-60-61-59)45(49(47)71-32-36-25-27-38(68-4)28-26-36)62-51(64)39-21-13-14-22-40(39)52(62)65/h7-28,43-50,55-57H,29-34H2,1-6H3/t43-,44-,45-,46-,47-,48-,49-,50-,55?,56-,57+/m1/s1. The second-order valence-electron chi connectivity index (χ2n) is 21.2. The third-order valence-electron chi connectivity index (χ3n) is 15.3. The minimum absolute atomic E-state index is 0.0166. The van der Waals surface area contributed by atoms with Crippen molar-refractivity contribution in [2.75, 3.05) is 33.5 Å². The van der Waals surface area contributed by atoms with Crippen LogP contribution in [0.5, 0.6) is 5.75 Å². The highest BCUT2D eigenvalue weighted by atomic mass is 28.4. The van der Waals surface area contributed by atoms with Crippen molar-refractivity contribution in [3.63, 3.8) is 0 Å². The van der Waals surface area contributed by atoms with Crippen LogP contribution in [0.1, 0.15) is 85.2 Å². The number of carbonyl (C=O) groups excluding carboxylic acids is 4. The normalized spacial score (nSPS) is 27.0. The van der Waals surface area contributed by atoms with Gasteiger partial charge >= 0.3 is 0 Å². The van der Waals surface area contributed by atoms with Gasteiger partial charge in [0.05, 0.1) is 68.5 Å². The van der Waals surface area contributed by atoms with E-state index >= 15 is 9.59 Å². The number of amides is 4. The fourth-order valence-corrected chi connectivity index (χ4v) is 11.6. The molecule has 78 heavy (non-hydrogen) atoms. The Kier molecular flexibility index (Phi) is 16.4. The molecule has 10 rings (SSSR count). The zero-order chi connectivity index (χ0) is 54.7. The van der Waals surface area contributed by atoms with Crippen molar-refractivity contribution < 1.29 is 66.2 Å². The van der Waals surface area contributed by atoms with Crippen LogP contribution in [0.15, 0.2) is 139 Å². The van der Waals surface area contributed by atoms with Crippen molar-refractivity contribution in [1.29, 1.82) is 0 Å². The molecule has 0 spiro atoms. The van der Waals surface area contributed by atoms with Gasteiger partial charge in [0.2, 0.25) is 0 Å². The second kappa shape index (κ2) is 23.4. The summed E-state index contributed by atoms with van der Waals surface area (Å²) in [6, 6.07) is 36.4. The molecule has 0 saturated carbocycles. The lowest BCUT2D eigenvalue weighted by Crippen LogP contribution is -2.72. The Morgan fingerprint density at radius 2 is 1.21 bits per heavy atom. The van der Waals surface area contributed by atoms with Crippen LogP contribution in [0.2, 0.25) is 18.1 Å². The molecule has 0 aliphatic carbocycles. The Labute approximate surface area is 453 Å². The van der Waals surface area contributed by atoms with Crippen molar-refractivity contribution in [3.05, 3.63) is 183 Å². The lowest BCUT2D eigenvalue weighted by Gasteiger charge is -2.55. The summed E-state index contributed by atoms with van der Waals surface area (Å²) in [5, 5.41) is 3.29. The van der Waals surface area contributed by atoms with Crippen LogP contribution in [-0.4, -0.2) is 137 Å². The summed E-state index contributed by atoms with van der Waals surface area (Å²) in [6.45, 7) is 9.95. The summed E-state index contributed by atoms with van der Waals surface area (Å²) in [5.74, 6) is -1.88. The molecular formula is C58H63N5O14Si. The van der Waals surface area contributed by atoms with Crippen LogP contribution >= 0.6 is 0 Å². The van der Waals surface area contributed by atoms with Gasteiger partial charge in [0.25, 0.3) is 23.6 Å². The molecule has 11 atom stereocenters. The van der Waals surface area contributed by atoms with Crippen molar-refractivity contribution in [3.8, 4) is 5.75 Å². The van der Waals surface area contributed by atoms with Gasteiger partial charge in [-0.1, -0.05) is 123 Å². The first-order valence-corrected chi connectivity index (χ1v) is 29.0. The van der Waals surface area contributed by atoms with Crippen LogP contribution in [0.4, 0.5) is 0 Å². The minimum Gasteiger partial charge on any atom is -0.497 e. The van der Waals surface area contributed by atoms with E-state index in [4.69, 9.17) is 47.1 Å². The topological polar surface area (TPSA) is 216 Å². The van der Waals surface area contributed by atoms with Crippen LogP contribution < -0.4 is 4.74 Å². The highest BCUT2D eigenvalue weighted by Gasteiger charge is 2.62. The highest BCUT2D eigenvalue weighted by Crippen LogP contribution is 2.46. The van der Waals surface area contributed by atoms with Crippen LogP contribution in [0, 0.1) is 0 Å². The van der Waals surface area contributed by atoms with Gasteiger partial charge in [0.15, 0.2) is 27.2 Å². The lowest BCUT2D eigenvalue weighted by atomic mass is 9.92. The number of azide groups is 1. The van der Waals surface area contributed by atoms with Gasteiger partial charge in [0.1, 0.15) is 48.4 Å². The van der Waals surface area contributed by atoms with E-state index in [1.165, 1.54) is 0 Å². The molecule has 0 N–H and O–H groups in total. The summed E-state index contributed by atoms with van der Waals surface area (Å²) >= 11 is 0. The second-order valence-corrected chi connectivity index (χ2v) is 25.9. The van der Waals surface area contributed by atoms with Gasteiger partial charge in [-0.15, -0.1) is 0 Å². The SMILES string of the molecule is COc1ccc(CO[C@H]2[C@H](O[C@@H]3O[C@@H]4COC(c5ccccc5)O[C@H]4[C@H](O[Si](C)(C)C(C)(C)C)[C@H]3N3C(=O)c4ccccc4C3=O)[C@@H](COCc3ccccc3)O[C@@H](OCCN=[N+]=[N-])[C@@H]2N2C(=O)c3ccccc3C2=O)cc1. The van der Waals surface area contributed by atoms with E-state index in [1.807, 2.05) is 72.8 Å². The largest absolute Gasteiger partial charge is 0.497 e. The zero-order valence-electron chi connectivity index (χ0n) is 44.2. The number of benzene rings is 5. The number of nitrogens with zero attached hydrogens (tertiary/aromatic N) is 5. The molecule has 20 heteroatoms. The Bertz CT molecular complexity index is 2940. The summed E-state index contributed by atoms with van der Waals surface area (Å²) in [4.78, 5) is 64.9. The third-order valence-corrected chi connectivity index (χ3v) is 19.8. The smallest absolute Gasteiger partial charge is 0.262 e. The molecule has 3 saturated heterocycles. The van der Waals surface area contributed by atoms with Gasteiger partial charge < -0.3 is 47.1 Å². The van der Waals surface area contributed by atoms with Crippen LogP contribution in [-0.2, 0) is 55.5 Å². The number of carbonyl (C=O) groups is 4. The van der Waals surface area contributed by atoms with Gasteiger partial charge in [-0.05, 0) is 71.2 Å². The molecule has 5 aromatic carbocycles. The molecule has 3 fully saturated rings. The maximum Gasteiger partial charge on any atom is 0.262 e. The highest BCUT2D eigenvalue weighted by molar-refractivity contribution is 6.74. The first-order valence-electron chi connectivity index (χ1n) is 26.1. The van der Waals surface area contributed by atoms with Crippen molar-refractivity contribution in [1.82, 2.24) is 9.80 Å². The van der Waals surface area contributed by atoms with E-state index < -0.39 is 99.5 Å². The van der Waals surface area contributed by atoms with Gasteiger partial charge in [0, 0.05) is 17.0 Å². The average Bonchev–Trinajstić information content (AvgIpc) is 4.08. The molecule has 19 nitrogen and oxygen atoms in total. The van der Waals surface area contributed by atoms with Crippen molar-refractivity contribution >= 4 is 31.9 Å². The van der Waals surface area contributed by atoms with Gasteiger partial charge in [-0.3, -0.25) is 29.0 Å². The predicted octanol–water partition coefficient (Wildman–Crippen LogP) is 8.79. The van der Waals surface area contributed by atoms with E-state index in [2.05, 4.69) is 43.9 Å². The first-order chi connectivity index (χ1) is 37.7. The Morgan fingerprint density at radius 1 is 0.654 bits per heavy atom. The van der Waals surface area contributed by atoms with E-state index in [9.17, 15) is 15.1 Å². The van der Waals surface area contributed by atoms with E-state index in [1.54, 1.807) is 67.8 Å². The maximum atomic E-state index is 15.1. The van der Waals surface area contributed by atoms with E-state index in [-0.39, 0.29) is 66.9 Å². The lowest BCUT2D eigenvalue weighted by molar-refractivity contribution is -0.372. The van der Waals surface area contributed by atoms with Crippen LogP contribution in [0.25, 0.3) is 10.4 Å². The Balaban J connectivity index is 1.13. The zero-order valence-corrected chi connectivity index (χ0v) is 45.2. The van der Waals surface area contributed by atoms with Crippen LogP contribution in [0.3, 0.4) is 0 Å². The predicted molar refractivity (Wildman–Crippen MR) is 283 cm³/mol. The van der Waals surface area contributed by atoms with Gasteiger partial charge in [-0.25, -0.2) is 0 Å². The monoisotopic (exact) mass is 1080 g/mol. The molecular weight excluding hydrogens is 1020 g/mol. The number of ether oxygens (including phenoxy) is 9. The molecule has 5 aromatic rings. The summed E-state index contributed by atoms with van der Waals surface area (Å²) in [6.07, 6.45) is -10.6. The summed E-state index contributed by atoms with van der Waals surface area (Å²) in [7, 11) is -1.33. The maximum absolute atomic E-state index is 15.1. The molecule has 0 bridgehead atoms. The van der Waals surface area contributed by atoms with Crippen molar-refractivity contribution in [2.24, 2.45) is 5.11 Å². The number of hydrogen-bond donors (Lipinski definition) is 0. The molecule has 0 aromatic heterocycles. The minimum atomic E-state index is -2.89. The number of hydrogen-bond acceptors (Lipinski definition) is 15. The molecule has 5 aliphatic rings. The molecule has 0 radical (unpaired) electrons. The molecule has 5 heterocycles. The number of imide groups is 2. The van der Waals surface area contributed by atoms with E-state index in [0.29, 0.717) is 11.3 Å². The molecule has 408 valence electrons. The fourth-order valence-electron chi connectivity index (χ4n) is 10.3. The van der Waals surface area contributed by atoms with E-state index in [0.717, 1.165) is 20.9 Å². The quantitative estimate of drug-likeness (QED) is 0.0189. The van der Waals surface area contributed by atoms with Crippen molar-refractivity contribution in [2.45, 2.75) is 120 Å². The van der Waals surface area contributed by atoms with Gasteiger partial charge in [-0.2, -0.15) is 0 Å². The molecule has 4 amide bonds. The summed E-state index contributed by atoms with van der Waals surface area (Å²) in [5.41, 5.74) is 12.2. The Morgan fingerprint density at radius 3 is 1.77 bits per heavy atom. The number of methoxy groups -OCH3 is 1. The Hall–Kier alpha value is -6.65. The average molecular weight is 1080 g/mol. The fraction of sp³-hybridized carbons (Fsp3) is 0.414. The number of fused-ring (bicyclic) bond motifs is 3. The summed E-state index contributed by atoms with van der Waals surface area (Å²) < 4.78 is 67.7. The third kappa shape index (κ3) is 11.0. The first kappa shape index (κ1) is 54.7.